The molecule has 0 aromatic heterocycles. The van der Waals surface area contributed by atoms with Crippen molar-refractivity contribution in [1.29, 1.82) is 0 Å². The molecule has 1 aliphatic rings. The van der Waals surface area contributed by atoms with E-state index in [0.29, 0.717) is 17.9 Å². The van der Waals surface area contributed by atoms with Crippen LogP contribution in [-0.4, -0.2) is 26.2 Å². The summed E-state index contributed by atoms with van der Waals surface area (Å²) in [6, 6.07) is 3.09. The number of nitrogens with one attached hydrogen (secondary N) is 1. The van der Waals surface area contributed by atoms with Gasteiger partial charge in [-0.15, -0.1) is 0 Å². The molecule has 16 heavy (non-hydrogen) atoms. The summed E-state index contributed by atoms with van der Waals surface area (Å²) in [5.41, 5.74) is 7.37. The van der Waals surface area contributed by atoms with Crippen LogP contribution in [0.1, 0.15) is 5.56 Å². The highest BCUT2D eigenvalue weighted by atomic mass is 16.5. The van der Waals surface area contributed by atoms with Crippen LogP contribution in [0.25, 0.3) is 0 Å². The number of methoxy groups -OCH3 is 2. The van der Waals surface area contributed by atoms with E-state index in [2.05, 4.69) is 5.32 Å². The van der Waals surface area contributed by atoms with E-state index in [1.54, 1.807) is 20.3 Å². The molecule has 3 N–H and O–H groups in total. The number of hydrogen-bond acceptors (Lipinski definition) is 4. The van der Waals surface area contributed by atoms with E-state index in [-0.39, 0.29) is 5.91 Å². The molecule has 1 aliphatic heterocycles. The molecule has 1 aromatic rings. The number of ether oxygens (including phenoxy) is 2. The van der Waals surface area contributed by atoms with Crippen molar-refractivity contribution in [3.05, 3.63) is 17.7 Å². The Balaban J connectivity index is 2.45. The average molecular weight is 222 g/mol. The quantitative estimate of drug-likeness (QED) is 0.765. The number of benzene rings is 1. The van der Waals surface area contributed by atoms with Crippen LogP contribution in [0.3, 0.4) is 0 Å². The molecule has 0 radical (unpaired) electrons. The number of anilines is 1. The smallest absolute Gasteiger partial charge is 0.241 e. The lowest BCUT2D eigenvalue weighted by Crippen LogP contribution is -2.41. The van der Waals surface area contributed by atoms with E-state index in [4.69, 9.17) is 15.2 Å². The normalized spacial score (nSPS) is 18.7. The van der Waals surface area contributed by atoms with E-state index in [0.717, 1.165) is 11.3 Å². The largest absolute Gasteiger partial charge is 0.493 e. The fourth-order valence-corrected chi connectivity index (χ4v) is 1.76. The van der Waals surface area contributed by atoms with Crippen LogP contribution in [-0.2, 0) is 11.2 Å². The summed E-state index contributed by atoms with van der Waals surface area (Å²) >= 11 is 0. The lowest BCUT2D eigenvalue weighted by atomic mass is 9.99. The van der Waals surface area contributed by atoms with Gasteiger partial charge in [-0.25, -0.2) is 0 Å². The van der Waals surface area contributed by atoms with Crippen LogP contribution < -0.4 is 20.5 Å². The molecule has 5 heteroatoms. The van der Waals surface area contributed by atoms with Gasteiger partial charge < -0.3 is 20.5 Å². The first kappa shape index (κ1) is 10.8. The molecule has 0 saturated heterocycles. The van der Waals surface area contributed by atoms with E-state index in [1.807, 2.05) is 6.07 Å². The second kappa shape index (κ2) is 4.02. The van der Waals surface area contributed by atoms with Crippen LogP contribution in [0.2, 0.25) is 0 Å². The standard InChI is InChI=1S/C11H14N2O3/c1-15-9-4-6-3-7(12)11(14)13-8(6)5-10(9)16-2/h4-5,7H,3,12H2,1-2H3,(H,13,14)/t7-/m0/s1. The number of rotatable bonds is 2. The molecule has 5 nitrogen and oxygen atoms in total. The van der Waals surface area contributed by atoms with Crippen LogP contribution in [0, 0.1) is 0 Å². The van der Waals surface area contributed by atoms with Gasteiger partial charge in [-0.05, 0) is 18.1 Å². The number of carbonyl (C=O) groups excluding carboxylic acids is 1. The van der Waals surface area contributed by atoms with Gasteiger partial charge in [0, 0.05) is 11.8 Å². The molecule has 1 heterocycles. The SMILES string of the molecule is COc1cc2c(cc1OC)NC(=O)[C@@H](N)C2. The Hall–Kier alpha value is -1.75. The van der Waals surface area contributed by atoms with Crippen LogP contribution >= 0.6 is 0 Å². The molecule has 2 rings (SSSR count). The van der Waals surface area contributed by atoms with Gasteiger partial charge in [-0.2, -0.15) is 0 Å². The fraction of sp³-hybridized carbons (Fsp3) is 0.364. The average Bonchev–Trinajstić information content (AvgIpc) is 2.29. The van der Waals surface area contributed by atoms with Crippen molar-refractivity contribution < 1.29 is 14.3 Å². The Morgan fingerprint density at radius 3 is 2.56 bits per heavy atom. The van der Waals surface area contributed by atoms with Gasteiger partial charge in [0.05, 0.1) is 20.3 Å². The monoisotopic (exact) mass is 222 g/mol. The summed E-state index contributed by atoms with van der Waals surface area (Å²) in [6.45, 7) is 0. The Bertz CT molecular complexity index is 431. The Kier molecular flexibility index (Phi) is 2.70. The highest BCUT2D eigenvalue weighted by Crippen LogP contribution is 2.35. The summed E-state index contributed by atoms with van der Waals surface area (Å²) in [7, 11) is 3.13. The zero-order valence-electron chi connectivity index (χ0n) is 9.24. The van der Waals surface area contributed by atoms with Crippen molar-refractivity contribution >= 4 is 11.6 Å². The summed E-state index contributed by atoms with van der Waals surface area (Å²) in [6.07, 6.45) is 0.515. The van der Waals surface area contributed by atoms with Crippen molar-refractivity contribution in [3.63, 3.8) is 0 Å². The summed E-state index contributed by atoms with van der Waals surface area (Å²) < 4.78 is 10.3. The maximum absolute atomic E-state index is 11.4. The molecule has 0 aliphatic carbocycles. The third kappa shape index (κ3) is 1.69. The number of nitrogens with two attached hydrogens (primary N) is 1. The number of amides is 1. The van der Waals surface area contributed by atoms with Gasteiger partial charge in [-0.1, -0.05) is 0 Å². The van der Waals surface area contributed by atoms with Gasteiger partial charge in [0.1, 0.15) is 0 Å². The van der Waals surface area contributed by atoms with Crippen LogP contribution in [0.4, 0.5) is 5.69 Å². The van der Waals surface area contributed by atoms with Crippen molar-refractivity contribution in [2.24, 2.45) is 5.73 Å². The third-order valence-electron chi connectivity index (χ3n) is 2.64. The molecule has 0 fully saturated rings. The Morgan fingerprint density at radius 2 is 1.94 bits per heavy atom. The molecule has 0 spiro atoms. The molecule has 0 unspecified atom stereocenters. The molecule has 1 aromatic carbocycles. The molecule has 1 atom stereocenters. The van der Waals surface area contributed by atoms with Crippen LogP contribution in [0.5, 0.6) is 11.5 Å². The van der Waals surface area contributed by atoms with E-state index in [1.165, 1.54) is 0 Å². The highest BCUT2D eigenvalue weighted by molar-refractivity contribution is 5.98. The molecule has 0 saturated carbocycles. The lowest BCUT2D eigenvalue weighted by molar-refractivity contribution is -0.117. The first-order valence-electron chi connectivity index (χ1n) is 4.97. The second-order valence-electron chi connectivity index (χ2n) is 3.66. The van der Waals surface area contributed by atoms with E-state index in [9.17, 15) is 4.79 Å². The predicted molar refractivity (Wildman–Crippen MR) is 59.9 cm³/mol. The second-order valence-corrected chi connectivity index (χ2v) is 3.66. The molecular formula is C11H14N2O3. The molecule has 1 amide bonds. The summed E-state index contributed by atoms with van der Waals surface area (Å²) in [4.78, 5) is 11.4. The number of carbonyl (C=O) groups is 1. The minimum Gasteiger partial charge on any atom is -0.493 e. The fourth-order valence-electron chi connectivity index (χ4n) is 1.76. The van der Waals surface area contributed by atoms with Gasteiger partial charge >= 0.3 is 0 Å². The highest BCUT2D eigenvalue weighted by Gasteiger charge is 2.24. The lowest BCUT2D eigenvalue weighted by Gasteiger charge is -2.23. The van der Waals surface area contributed by atoms with Gasteiger partial charge in [0.2, 0.25) is 5.91 Å². The van der Waals surface area contributed by atoms with Crippen molar-refractivity contribution in [3.8, 4) is 11.5 Å². The minimum absolute atomic E-state index is 0.167. The molecular weight excluding hydrogens is 208 g/mol. The Labute approximate surface area is 93.5 Å². The van der Waals surface area contributed by atoms with Crippen molar-refractivity contribution in [2.45, 2.75) is 12.5 Å². The topological polar surface area (TPSA) is 73.6 Å². The number of fused-ring (bicyclic) bond motifs is 1. The minimum atomic E-state index is -0.495. The maximum atomic E-state index is 11.4. The summed E-state index contributed by atoms with van der Waals surface area (Å²) in [5, 5.41) is 2.74. The first-order valence-corrected chi connectivity index (χ1v) is 4.97. The van der Waals surface area contributed by atoms with Crippen molar-refractivity contribution in [1.82, 2.24) is 0 Å². The Morgan fingerprint density at radius 1 is 1.31 bits per heavy atom. The van der Waals surface area contributed by atoms with Gasteiger partial charge in [0.15, 0.2) is 11.5 Å². The van der Waals surface area contributed by atoms with Crippen molar-refractivity contribution in [2.75, 3.05) is 19.5 Å². The van der Waals surface area contributed by atoms with Crippen LogP contribution in [0.15, 0.2) is 12.1 Å². The summed E-state index contributed by atoms with van der Waals surface area (Å²) in [5.74, 6) is 1.07. The molecule has 0 bridgehead atoms. The molecule has 86 valence electrons. The zero-order valence-corrected chi connectivity index (χ0v) is 9.24. The predicted octanol–water partition coefficient (Wildman–Crippen LogP) is 0.526. The first-order chi connectivity index (χ1) is 7.65. The van der Waals surface area contributed by atoms with Gasteiger partial charge in [-0.3, -0.25) is 4.79 Å². The van der Waals surface area contributed by atoms with E-state index < -0.39 is 6.04 Å². The maximum Gasteiger partial charge on any atom is 0.241 e. The number of hydrogen-bond donors (Lipinski definition) is 2. The van der Waals surface area contributed by atoms with Gasteiger partial charge in [0.25, 0.3) is 0 Å². The third-order valence-corrected chi connectivity index (χ3v) is 2.64. The van der Waals surface area contributed by atoms with E-state index >= 15 is 0 Å². The zero-order chi connectivity index (χ0) is 11.7.